The number of methoxy groups -OCH3 is 1. The highest BCUT2D eigenvalue weighted by atomic mass is 79.9. The molecular formula is C12H18BrNO. The molecule has 0 bridgehead atoms. The summed E-state index contributed by atoms with van der Waals surface area (Å²) >= 11 is 3.55. The minimum Gasteiger partial charge on any atom is -0.497 e. The Kier molecular flexibility index (Phi) is 4.17. The van der Waals surface area contributed by atoms with Crippen LogP contribution in [0.3, 0.4) is 0 Å². The van der Waals surface area contributed by atoms with Crippen molar-refractivity contribution in [3.05, 3.63) is 28.2 Å². The second kappa shape index (κ2) is 4.99. The summed E-state index contributed by atoms with van der Waals surface area (Å²) in [5.74, 6) is 0.871. The molecule has 2 N–H and O–H groups in total. The van der Waals surface area contributed by atoms with E-state index in [2.05, 4.69) is 35.8 Å². The average molecular weight is 272 g/mol. The van der Waals surface area contributed by atoms with E-state index in [0.29, 0.717) is 6.54 Å². The van der Waals surface area contributed by atoms with Gasteiger partial charge in [0.05, 0.1) is 7.11 Å². The Hall–Kier alpha value is -0.540. The van der Waals surface area contributed by atoms with Gasteiger partial charge in [-0.05, 0) is 36.1 Å². The molecule has 0 fully saturated rings. The maximum atomic E-state index is 5.72. The molecule has 3 heteroatoms. The monoisotopic (exact) mass is 271 g/mol. The van der Waals surface area contributed by atoms with Gasteiger partial charge in [0.2, 0.25) is 0 Å². The van der Waals surface area contributed by atoms with Crippen molar-refractivity contribution in [2.75, 3.05) is 13.7 Å². The van der Waals surface area contributed by atoms with E-state index < -0.39 is 0 Å². The average Bonchev–Trinajstić information content (AvgIpc) is 2.21. The fourth-order valence-electron chi connectivity index (χ4n) is 1.39. The number of benzene rings is 1. The minimum absolute atomic E-state index is 0.136. The summed E-state index contributed by atoms with van der Waals surface area (Å²) in [6, 6.07) is 6.05. The van der Waals surface area contributed by atoms with Crippen molar-refractivity contribution in [1.82, 2.24) is 0 Å². The lowest BCUT2D eigenvalue weighted by atomic mass is 9.86. The molecule has 0 spiro atoms. The summed E-state index contributed by atoms with van der Waals surface area (Å²) in [7, 11) is 1.67. The van der Waals surface area contributed by atoms with Crippen LogP contribution in [0.1, 0.15) is 19.4 Å². The third-order valence-electron chi connectivity index (χ3n) is 2.48. The molecule has 0 saturated carbocycles. The van der Waals surface area contributed by atoms with E-state index in [9.17, 15) is 0 Å². The van der Waals surface area contributed by atoms with Crippen LogP contribution in [0.25, 0.3) is 0 Å². The maximum Gasteiger partial charge on any atom is 0.120 e. The quantitative estimate of drug-likeness (QED) is 0.914. The fraction of sp³-hybridized carbons (Fsp3) is 0.500. The number of hydrogen-bond donors (Lipinski definition) is 1. The summed E-state index contributed by atoms with van der Waals surface area (Å²) in [4.78, 5) is 0. The molecule has 1 aromatic rings. The Morgan fingerprint density at radius 1 is 1.40 bits per heavy atom. The fourth-order valence-corrected chi connectivity index (χ4v) is 1.88. The minimum atomic E-state index is 0.136. The van der Waals surface area contributed by atoms with Crippen LogP contribution in [0, 0.1) is 5.41 Å². The van der Waals surface area contributed by atoms with Gasteiger partial charge in [-0.1, -0.05) is 35.8 Å². The van der Waals surface area contributed by atoms with E-state index >= 15 is 0 Å². The largest absolute Gasteiger partial charge is 0.497 e. The molecule has 15 heavy (non-hydrogen) atoms. The first-order chi connectivity index (χ1) is 6.98. The predicted molar refractivity (Wildman–Crippen MR) is 67.2 cm³/mol. The molecular weight excluding hydrogens is 254 g/mol. The summed E-state index contributed by atoms with van der Waals surface area (Å²) < 4.78 is 6.24. The highest BCUT2D eigenvalue weighted by molar-refractivity contribution is 9.10. The van der Waals surface area contributed by atoms with Crippen LogP contribution in [0.5, 0.6) is 5.75 Å². The molecule has 0 aliphatic heterocycles. The molecule has 1 aromatic carbocycles. The first-order valence-corrected chi connectivity index (χ1v) is 5.80. The van der Waals surface area contributed by atoms with E-state index in [0.717, 1.165) is 16.6 Å². The molecule has 0 aliphatic rings. The summed E-state index contributed by atoms with van der Waals surface area (Å²) in [5, 5.41) is 0. The molecule has 0 radical (unpaired) electrons. The van der Waals surface area contributed by atoms with Crippen molar-refractivity contribution in [1.29, 1.82) is 0 Å². The van der Waals surface area contributed by atoms with Crippen molar-refractivity contribution in [3.63, 3.8) is 0 Å². The molecule has 84 valence electrons. The van der Waals surface area contributed by atoms with Gasteiger partial charge < -0.3 is 10.5 Å². The first kappa shape index (κ1) is 12.5. The Labute approximate surface area is 99.9 Å². The van der Waals surface area contributed by atoms with Gasteiger partial charge in [-0.3, -0.25) is 0 Å². The second-order valence-electron chi connectivity index (χ2n) is 4.50. The Balaban J connectivity index is 2.87. The standard InChI is InChI=1S/C12H18BrNO/c1-12(2,8-14)7-9-4-5-10(15-3)6-11(9)13/h4-6H,7-8,14H2,1-3H3. The highest BCUT2D eigenvalue weighted by Gasteiger charge is 2.17. The first-order valence-electron chi connectivity index (χ1n) is 5.01. The van der Waals surface area contributed by atoms with Crippen molar-refractivity contribution < 1.29 is 4.74 Å². The number of nitrogens with two attached hydrogens (primary N) is 1. The molecule has 2 nitrogen and oxygen atoms in total. The SMILES string of the molecule is COc1ccc(CC(C)(C)CN)c(Br)c1. The Bertz CT molecular complexity index is 336. The van der Waals surface area contributed by atoms with Gasteiger partial charge in [0, 0.05) is 4.47 Å². The lowest BCUT2D eigenvalue weighted by molar-refractivity contribution is 0.375. The predicted octanol–water partition coefficient (Wildman–Crippen LogP) is 2.99. The summed E-state index contributed by atoms with van der Waals surface area (Å²) in [6.07, 6.45) is 0.966. The van der Waals surface area contributed by atoms with Gasteiger partial charge in [0.25, 0.3) is 0 Å². The highest BCUT2D eigenvalue weighted by Crippen LogP contribution is 2.28. The van der Waals surface area contributed by atoms with Crippen LogP contribution in [-0.2, 0) is 6.42 Å². The molecule has 0 heterocycles. The normalized spacial score (nSPS) is 11.5. The lowest BCUT2D eigenvalue weighted by Gasteiger charge is -2.23. The molecule has 0 atom stereocenters. The molecule has 1 rings (SSSR count). The smallest absolute Gasteiger partial charge is 0.120 e. The van der Waals surface area contributed by atoms with E-state index in [1.165, 1.54) is 5.56 Å². The topological polar surface area (TPSA) is 35.2 Å². The van der Waals surface area contributed by atoms with Crippen LogP contribution in [0.15, 0.2) is 22.7 Å². The molecule has 0 amide bonds. The number of halogens is 1. The van der Waals surface area contributed by atoms with Gasteiger partial charge in [-0.15, -0.1) is 0 Å². The van der Waals surface area contributed by atoms with Crippen LogP contribution in [-0.4, -0.2) is 13.7 Å². The maximum absolute atomic E-state index is 5.72. The molecule has 0 aromatic heterocycles. The van der Waals surface area contributed by atoms with Crippen LogP contribution in [0.4, 0.5) is 0 Å². The molecule has 0 unspecified atom stereocenters. The second-order valence-corrected chi connectivity index (χ2v) is 5.36. The van der Waals surface area contributed by atoms with Crippen LogP contribution < -0.4 is 10.5 Å². The van der Waals surface area contributed by atoms with Crippen molar-refractivity contribution in [3.8, 4) is 5.75 Å². The molecule has 0 aliphatic carbocycles. The van der Waals surface area contributed by atoms with E-state index in [1.54, 1.807) is 7.11 Å². The zero-order chi connectivity index (χ0) is 11.5. The number of hydrogen-bond acceptors (Lipinski definition) is 2. The van der Waals surface area contributed by atoms with Gasteiger partial charge in [-0.25, -0.2) is 0 Å². The molecule has 0 saturated heterocycles. The van der Waals surface area contributed by atoms with Gasteiger partial charge >= 0.3 is 0 Å². The third kappa shape index (κ3) is 3.50. The number of rotatable bonds is 4. The van der Waals surface area contributed by atoms with E-state index in [1.807, 2.05) is 12.1 Å². The van der Waals surface area contributed by atoms with Crippen molar-refractivity contribution in [2.45, 2.75) is 20.3 Å². The lowest BCUT2D eigenvalue weighted by Crippen LogP contribution is -2.26. The zero-order valence-corrected chi connectivity index (χ0v) is 11.1. The Morgan fingerprint density at radius 3 is 2.53 bits per heavy atom. The van der Waals surface area contributed by atoms with Crippen LogP contribution >= 0.6 is 15.9 Å². The van der Waals surface area contributed by atoms with Crippen molar-refractivity contribution >= 4 is 15.9 Å². The van der Waals surface area contributed by atoms with Crippen molar-refractivity contribution in [2.24, 2.45) is 11.1 Å². The van der Waals surface area contributed by atoms with Gasteiger partial charge in [-0.2, -0.15) is 0 Å². The van der Waals surface area contributed by atoms with E-state index in [4.69, 9.17) is 10.5 Å². The zero-order valence-electron chi connectivity index (χ0n) is 9.51. The van der Waals surface area contributed by atoms with Gasteiger partial charge in [0.1, 0.15) is 5.75 Å². The number of ether oxygens (including phenoxy) is 1. The van der Waals surface area contributed by atoms with Gasteiger partial charge in [0.15, 0.2) is 0 Å². The summed E-state index contributed by atoms with van der Waals surface area (Å²) in [5.41, 5.74) is 7.13. The summed E-state index contributed by atoms with van der Waals surface area (Å²) in [6.45, 7) is 5.03. The Morgan fingerprint density at radius 2 is 2.07 bits per heavy atom. The van der Waals surface area contributed by atoms with Crippen LogP contribution in [0.2, 0.25) is 0 Å². The third-order valence-corrected chi connectivity index (χ3v) is 3.22. The van der Waals surface area contributed by atoms with E-state index in [-0.39, 0.29) is 5.41 Å².